The number of methoxy groups -OCH3 is 1. The molecular formula is C31H34N4O5. The number of ether oxygens (including phenoxy) is 2. The van der Waals surface area contributed by atoms with Crippen molar-refractivity contribution in [1.82, 2.24) is 9.66 Å². The van der Waals surface area contributed by atoms with E-state index in [1.807, 2.05) is 45.9 Å². The molecule has 0 aliphatic rings. The van der Waals surface area contributed by atoms with Gasteiger partial charge in [0.15, 0.2) is 5.82 Å². The monoisotopic (exact) mass is 542 g/mol. The number of nitro benzene ring substituents is 1. The van der Waals surface area contributed by atoms with Gasteiger partial charge in [-0.3, -0.25) is 14.9 Å². The molecule has 208 valence electrons. The Bertz CT molecular complexity index is 1670. The Morgan fingerprint density at radius 3 is 2.50 bits per heavy atom. The molecule has 0 saturated carbocycles. The lowest BCUT2D eigenvalue weighted by molar-refractivity contribution is -0.386. The molecular weight excluding hydrogens is 508 g/mol. The van der Waals surface area contributed by atoms with E-state index in [1.165, 1.54) is 17.0 Å². The van der Waals surface area contributed by atoms with E-state index in [4.69, 9.17) is 14.5 Å². The van der Waals surface area contributed by atoms with Crippen LogP contribution in [-0.4, -0.2) is 34.5 Å². The molecule has 1 aromatic heterocycles. The number of fused-ring (bicyclic) bond motifs is 1. The molecule has 0 fully saturated rings. The van der Waals surface area contributed by atoms with E-state index in [0.29, 0.717) is 22.3 Å². The first-order valence-corrected chi connectivity index (χ1v) is 13.1. The predicted octanol–water partition coefficient (Wildman–Crippen LogP) is 6.72. The minimum absolute atomic E-state index is 0.0947. The molecule has 0 saturated heterocycles. The van der Waals surface area contributed by atoms with Gasteiger partial charge in [-0.25, -0.2) is 4.98 Å². The smallest absolute Gasteiger partial charge is 0.311 e. The molecule has 0 unspecified atom stereocenters. The lowest BCUT2D eigenvalue weighted by atomic mass is 9.96. The molecule has 9 heteroatoms. The van der Waals surface area contributed by atoms with Crippen LogP contribution in [0.1, 0.15) is 57.2 Å². The maximum absolute atomic E-state index is 13.8. The van der Waals surface area contributed by atoms with Crippen LogP contribution in [-0.2, 0) is 0 Å². The molecule has 4 rings (SSSR count). The zero-order valence-electron chi connectivity index (χ0n) is 23.9. The van der Waals surface area contributed by atoms with Crippen molar-refractivity contribution >= 4 is 22.8 Å². The van der Waals surface area contributed by atoms with Gasteiger partial charge in [0.05, 0.1) is 35.8 Å². The maximum Gasteiger partial charge on any atom is 0.311 e. The number of hydrogen-bond donors (Lipinski definition) is 0. The zero-order valence-corrected chi connectivity index (χ0v) is 23.9. The summed E-state index contributed by atoms with van der Waals surface area (Å²) in [7, 11) is 1.63. The molecule has 9 nitrogen and oxygen atoms in total. The quantitative estimate of drug-likeness (QED) is 0.139. The Morgan fingerprint density at radius 2 is 1.85 bits per heavy atom. The summed E-state index contributed by atoms with van der Waals surface area (Å²) in [5, 5.41) is 16.7. The van der Waals surface area contributed by atoms with Gasteiger partial charge in [0, 0.05) is 17.2 Å². The van der Waals surface area contributed by atoms with Crippen LogP contribution in [0.2, 0.25) is 0 Å². The normalized spacial score (nSPS) is 11.9. The Labute approximate surface area is 233 Å². The zero-order chi connectivity index (χ0) is 29.2. The van der Waals surface area contributed by atoms with Gasteiger partial charge in [-0.15, -0.1) is 0 Å². The summed E-state index contributed by atoms with van der Waals surface area (Å²) in [5.41, 5.74) is 2.71. The van der Waals surface area contributed by atoms with E-state index in [-0.39, 0.29) is 34.9 Å². The highest BCUT2D eigenvalue weighted by molar-refractivity contribution is 5.86. The van der Waals surface area contributed by atoms with Crippen molar-refractivity contribution in [2.45, 2.75) is 47.5 Å². The van der Waals surface area contributed by atoms with Crippen molar-refractivity contribution in [2.24, 2.45) is 10.5 Å². The Morgan fingerprint density at radius 1 is 1.12 bits per heavy atom. The van der Waals surface area contributed by atoms with Gasteiger partial charge in [0.1, 0.15) is 5.75 Å². The average Bonchev–Trinajstić information content (AvgIpc) is 2.90. The van der Waals surface area contributed by atoms with E-state index in [2.05, 4.69) is 18.9 Å². The summed E-state index contributed by atoms with van der Waals surface area (Å²) in [6.45, 7) is 12.2. The van der Waals surface area contributed by atoms with Crippen LogP contribution in [0.5, 0.6) is 11.5 Å². The van der Waals surface area contributed by atoms with Crippen LogP contribution in [0.3, 0.4) is 0 Å². The van der Waals surface area contributed by atoms with E-state index in [1.54, 1.807) is 37.4 Å². The Hall–Kier alpha value is -4.53. The lowest BCUT2D eigenvalue weighted by Crippen LogP contribution is -2.21. The number of rotatable bonds is 8. The number of para-hydroxylation sites is 2. The summed E-state index contributed by atoms with van der Waals surface area (Å²) in [6, 6.07) is 15.6. The molecule has 0 amide bonds. The van der Waals surface area contributed by atoms with Gasteiger partial charge in [0.25, 0.3) is 5.56 Å². The first-order valence-electron chi connectivity index (χ1n) is 13.1. The molecule has 1 heterocycles. The highest BCUT2D eigenvalue weighted by Gasteiger charge is 2.22. The second kappa shape index (κ2) is 11.3. The van der Waals surface area contributed by atoms with Crippen molar-refractivity contribution in [1.29, 1.82) is 0 Å². The van der Waals surface area contributed by atoms with Gasteiger partial charge in [-0.1, -0.05) is 52.8 Å². The second-order valence-corrected chi connectivity index (χ2v) is 11.2. The minimum Gasteiger partial charge on any atom is -0.496 e. The standard InChI is InChI=1S/C31H34N4O5/c1-19(2)23-16-24(20(3)15-27(23)39-7)29-33-25-13-9-8-12-22(25)30(36)34(29)32-17-21-11-10-14-26(35(37)38)28(21)40-18-31(4,5)6/h8-17,19H,18H2,1-7H3. The molecule has 0 aliphatic heterocycles. The summed E-state index contributed by atoms with van der Waals surface area (Å²) in [6.07, 6.45) is 1.41. The predicted molar refractivity (Wildman–Crippen MR) is 158 cm³/mol. The highest BCUT2D eigenvalue weighted by atomic mass is 16.6. The third-order valence-corrected chi connectivity index (χ3v) is 6.38. The molecule has 4 aromatic rings. The van der Waals surface area contributed by atoms with Gasteiger partial charge in [-0.2, -0.15) is 9.78 Å². The van der Waals surface area contributed by atoms with E-state index >= 15 is 0 Å². The summed E-state index contributed by atoms with van der Waals surface area (Å²) in [5.74, 6) is 1.36. The lowest BCUT2D eigenvalue weighted by Gasteiger charge is -2.19. The van der Waals surface area contributed by atoms with Crippen molar-refractivity contribution in [3.05, 3.63) is 91.8 Å². The Kier molecular flexibility index (Phi) is 8.04. The topological polar surface area (TPSA) is 109 Å². The fourth-order valence-electron chi connectivity index (χ4n) is 4.33. The molecule has 0 aliphatic carbocycles. The number of aromatic nitrogens is 2. The van der Waals surface area contributed by atoms with Crippen molar-refractivity contribution in [3.8, 4) is 22.9 Å². The van der Waals surface area contributed by atoms with E-state index in [0.717, 1.165) is 22.4 Å². The van der Waals surface area contributed by atoms with Crippen LogP contribution < -0.4 is 15.0 Å². The molecule has 0 atom stereocenters. The largest absolute Gasteiger partial charge is 0.496 e. The average molecular weight is 543 g/mol. The van der Waals surface area contributed by atoms with Gasteiger partial charge in [-0.05, 0) is 59.7 Å². The molecule has 0 radical (unpaired) electrons. The first-order chi connectivity index (χ1) is 18.9. The van der Waals surface area contributed by atoms with Crippen LogP contribution in [0.15, 0.2) is 64.5 Å². The molecule has 40 heavy (non-hydrogen) atoms. The maximum atomic E-state index is 13.8. The van der Waals surface area contributed by atoms with Crippen molar-refractivity contribution in [3.63, 3.8) is 0 Å². The fraction of sp³-hybridized carbons (Fsp3) is 0.323. The molecule has 0 N–H and O–H groups in total. The van der Waals surface area contributed by atoms with Gasteiger partial charge < -0.3 is 9.47 Å². The van der Waals surface area contributed by atoms with Gasteiger partial charge in [0.2, 0.25) is 5.75 Å². The number of benzene rings is 3. The third kappa shape index (κ3) is 5.88. The second-order valence-electron chi connectivity index (χ2n) is 11.2. The van der Waals surface area contributed by atoms with Crippen LogP contribution in [0.25, 0.3) is 22.3 Å². The SMILES string of the molecule is COc1cc(C)c(-c2nc3ccccc3c(=O)n2N=Cc2cccc([N+](=O)[O-])c2OCC(C)(C)C)cc1C(C)C. The molecule has 3 aromatic carbocycles. The van der Waals surface area contributed by atoms with E-state index < -0.39 is 4.92 Å². The first kappa shape index (κ1) is 28.5. The number of nitrogens with zero attached hydrogens (tertiary/aromatic N) is 4. The summed E-state index contributed by atoms with van der Waals surface area (Å²) in [4.78, 5) is 29.9. The number of nitro groups is 1. The van der Waals surface area contributed by atoms with Crippen LogP contribution in [0.4, 0.5) is 5.69 Å². The van der Waals surface area contributed by atoms with Crippen LogP contribution >= 0.6 is 0 Å². The highest BCUT2D eigenvalue weighted by Crippen LogP contribution is 2.35. The van der Waals surface area contributed by atoms with Gasteiger partial charge >= 0.3 is 5.69 Å². The molecule has 0 bridgehead atoms. The fourth-order valence-corrected chi connectivity index (χ4v) is 4.33. The van der Waals surface area contributed by atoms with E-state index in [9.17, 15) is 14.9 Å². The number of aryl methyl sites for hydroxylation is 1. The van der Waals surface area contributed by atoms with Crippen molar-refractivity contribution in [2.75, 3.05) is 13.7 Å². The van der Waals surface area contributed by atoms with Crippen LogP contribution in [0, 0.1) is 22.5 Å². The Balaban J connectivity index is 1.96. The third-order valence-electron chi connectivity index (χ3n) is 6.38. The molecule has 0 spiro atoms. The summed E-state index contributed by atoms with van der Waals surface area (Å²) >= 11 is 0. The van der Waals surface area contributed by atoms with Crippen molar-refractivity contribution < 1.29 is 14.4 Å². The number of hydrogen-bond acceptors (Lipinski definition) is 7. The summed E-state index contributed by atoms with van der Waals surface area (Å²) < 4.78 is 12.8. The minimum atomic E-state index is -0.487.